The van der Waals surface area contributed by atoms with Gasteiger partial charge >= 0.3 is 0 Å². The minimum atomic E-state index is -0.00510. The van der Waals surface area contributed by atoms with E-state index in [9.17, 15) is 0 Å². The Kier molecular flexibility index (Phi) is 4.07. The molecule has 2 saturated heterocycles. The quantitative estimate of drug-likeness (QED) is 0.635. The number of hydrazine groups is 1. The van der Waals surface area contributed by atoms with Gasteiger partial charge in [-0.3, -0.25) is 11.3 Å². The van der Waals surface area contributed by atoms with Gasteiger partial charge in [-0.05, 0) is 31.6 Å². The van der Waals surface area contributed by atoms with Gasteiger partial charge in [0.25, 0.3) is 0 Å². The molecule has 3 N–H and O–H groups in total. The Labute approximate surface area is 119 Å². The van der Waals surface area contributed by atoms with E-state index in [-0.39, 0.29) is 11.6 Å². The number of ether oxygens (including phenoxy) is 2. The molecule has 2 fully saturated rings. The molecule has 1 aromatic heterocycles. The van der Waals surface area contributed by atoms with Crippen LogP contribution in [-0.4, -0.2) is 35.0 Å². The van der Waals surface area contributed by atoms with Crippen LogP contribution in [0.1, 0.15) is 37.4 Å². The Bertz CT molecular complexity index is 437. The summed E-state index contributed by atoms with van der Waals surface area (Å²) in [5, 5.41) is 0. The highest BCUT2D eigenvalue weighted by Gasteiger charge is 2.41. The van der Waals surface area contributed by atoms with Crippen molar-refractivity contribution in [3.63, 3.8) is 0 Å². The van der Waals surface area contributed by atoms with Crippen molar-refractivity contribution in [2.24, 2.45) is 18.8 Å². The fourth-order valence-electron chi connectivity index (χ4n) is 3.57. The second-order valence-electron chi connectivity index (χ2n) is 5.97. The van der Waals surface area contributed by atoms with Gasteiger partial charge in [-0.15, -0.1) is 0 Å². The number of nitrogens with one attached hydrogen (secondary N) is 1. The summed E-state index contributed by atoms with van der Waals surface area (Å²) >= 11 is 0. The maximum atomic E-state index is 6.11. The summed E-state index contributed by atoms with van der Waals surface area (Å²) in [5.41, 5.74) is 4.12. The van der Waals surface area contributed by atoms with Crippen LogP contribution in [0.4, 0.5) is 0 Å². The number of nitrogens with two attached hydrogens (primary N) is 1. The molecule has 0 saturated carbocycles. The van der Waals surface area contributed by atoms with Crippen molar-refractivity contribution >= 4 is 0 Å². The Morgan fingerprint density at radius 1 is 1.45 bits per heavy atom. The standard InChI is InChI=1S/C14H24N4O2/c1-18-10-16-9-12(18)13(17-15)11-2-5-20-14(8-11)3-6-19-7-4-14/h9-11,13,17H,2-8,15H2,1H3. The highest BCUT2D eigenvalue weighted by Crippen LogP contribution is 2.41. The molecule has 1 aromatic rings. The normalized spacial score (nSPS) is 27.6. The molecule has 112 valence electrons. The predicted octanol–water partition coefficient (Wildman–Crippen LogP) is 0.900. The number of hydrogen-bond donors (Lipinski definition) is 2. The molecule has 6 nitrogen and oxygen atoms in total. The Balaban J connectivity index is 1.76. The van der Waals surface area contributed by atoms with Crippen molar-refractivity contribution in [3.8, 4) is 0 Å². The van der Waals surface area contributed by atoms with Crippen LogP contribution in [0.15, 0.2) is 12.5 Å². The lowest BCUT2D eigenvalue weighted by Gasteiger charge is -2.45. The van der Waals surface area contributed by atoms with Gasteiger partial charge in [-0.1, -0.05) is 0 Å². The van der Waals surface area contributed by atoms with Crippen LogP contribution in [-0.2, 0) is 16.5 Å². The molecule has 6 heteroatoms. The van der Waals surface area contributed by atoms with Crippen molar-refractivity contribution in [3.05, 3.63) is 18.2 Å². The topological polar surface area (TPSA) is 74.3 Å². The van der Waals surface area contributed by atoms with E-state index in [4.69, 9.17) is 15.3 Å². The number of aromatic nitrogens is 2. The largest absolute Gasteiger partial charge is 0.381 e. The highest BCUT2D eigenvalue weighted by molar-refractivity contribution is 5.08. The third-order valence-electron chi connectivity index (χ3n) is 4.76. The van der Waals surface area contributed by atoms with Gasteiger partial charge in [0.1, 0.15) is 0 Å². The molecular formula is C14H24N4O2. The first-order valence-corrected chi connectivity index (χ1v) is 7.38. The molecule has 3 rings (SSSR count). The maximum Gasteiger partial charge on any atom is 0.0946 e. The van der Waals surface area contributed by atoms with Gasteiger partial charge in [0, 0.05) is 33.1 Å². The minimum absolute atomic E-state index is 0.00510. The average Bonchev–Trinajstić information content (AvgIpc) is 2.87. The molecule has 3 heterocycles. The molecule has 0 bridgehead atoms. The minimum Gasteiger partial charge on any atom is -0.381 e. The third kappa shape index (κ3) is 2.61. The third-order valence-corrected chi connectivity index (χ3v) is 4.76. The van der Waals surface area contributed by atoms with Crippen LogP contribution >= 0.6 is 0 Å². The Hall–Kier alpha value is -0.950. The molecule has 2 aliphatic rings. The fraction of sp³-hybridized carbons (Fsp3) is 0.786. The monoisotopic (exact) mass is 280 g/mol. The summed E-state index contributed by atoms with van der Waals surface area (Å²) in [4.78, 5) is 4.21. The first-order chi connectivity index (χ1) is 9.74. The maximum absolute atomic E-state index is 6.11. The summed E-state index contributed by atoms with van der Waals surface area (Å²) in [6, 6.07) is 0.131. The van der Waals surface area contributed by atoms with Crippen molar-refractivity contribution in [1.29, 1.82) is 0 Å². The van der Waals surface area contributed by atoms with E-state index in [1.165, 1.54) is 0 Å². The number of imidazole rings is 1. The highest BCUT2D eigenvalue weighted by atomic mass is 16.5. The van der Waals surface area contributed by atoms with Gasteiger partial charge in [0.05, 0.1) is 23.7 Å². The van der Waals surface area contributed by atoms with Crippen LogP contribution in [0.2, 0.25) is 0 Å². The van der Waals surface area contributed by atoms with Crippen LogP contribution < -0.4 is 11.3 Å². The van der Waals surface area contributed by atoms with E-state index < -0.39 is 0 Å². The summed E-state index contributed by atoms with van der Waals surface area (Å²) < 4.78 is 13.6. The van der Waals surface area contributed by atoms with E-state index in [0.29, 0.717) is 5.92 Å². The van der Waals surface area contributed by atoms with Gasteiger partial charge in [-0.2, -0.15) is 0 Å². The zero-order valence-corrected chi connectivity index (χ0v) is 12.0. The first-order valence-electron chi connectivity index (χ1n) is 7.38. The summed E-state index contributed by atoms with van der Waals surface area (Å²) in [5.74, 6) is 6.30. The molecule has 2 atom stereocenters. The number of aryl methyl sites for hydroxylation is 1. The zero-order chi connectivity index (χ0) is 14.0. The first kappa shape index (κ1) is 14.0. The smallest absolute Gasteiger partial charge is 0.0946 e. The molecule has 0 radical (unpaired) electrons. The van der Waals surface area contributed by atoms with Gasteiger partial charge in [0.2, 0.25) is 0 Å². The van der Waals surface area contributed by atoms with E-state index in [2.05, 4.69) is 10.4 Å². The Morgan fingerprint density at radius 3 is 2.90 bits per heavy atom. The van der Waals surface area contributed by atoms with Crippen LogP contribution in [0.3, 0.4) is 0 Å². The van der Waals surface area contributed by atoms with E-state index in [1.807, 2.05) is 24.1 Å². The van der Waals surface area contributed by atoms with Gasteiger partial charge in [0.15, 0.2) is 0 Å². The van der Waals surface area contributed by atoms with Crippen molar-refractivity contribution in [2.75, 3.05) is 19.8 Å². The van der Waals surface area contributed by atoms with Crippen molar-refractivity contribution in [2.45, 2.75) is 37.3 Å². The zero-order valence-electron chi connectivity index (χ0n) is 12.0. The molecule has 20 heavy (non-hydrogen) atoms. The number of hydrogen-bond acceptors (Lipinski definition) is 5. The average molecular weight is 280 g/mol. The van der Waals surface area contributed by atoms with Crippen LogP contribution in [0.25, 0.3) is 0 Å². The summed E-state index contributed by atoms with van der Waals surface area (Å²) in [6.45, 7) is 2.42. The molecule has 0 amide bonds. The molecule has 0 aliphatic carbocycles. The second-order valence-corrected chi connectivity index (χ2v) is 5.97. The molecule has 0 aromatic carbocycles. The van der Waals surface area contributed by atoms with Crippen molar-refractivity contribution in [1.82, 2.24) is 15.0 Å². The predicted molar refractivity (Wildman–Crippen MR) is 74.7 cm³/mol. The molecular weight excluding hydrogens is 256 g/mol. The SMILES string of the molecule is Cn1cncc1C(NN)C1CCOC2(CCOCC2)C1. The lowest BCUT2D eigenvalue weighted by atomic mass is 9.77. The summed E-state index contributed by atoms with van der Waals surface area (Å²) in [7, 11) is 2.01. The lowest BCUT2D eigenvalue weighted by molar-refractivity contribution is -0.150. The van der Waals surface area contributed by atoms with Crippen molar-refractivity contribution < 1.29 is 9.47 Å². The van der Waals surface area contributed by atoms with E-state index in [0.717, 1.165) is 51.2 Å². The van der Waals surface area contributed by atoms with Crippen LogP contribution in [0, 0.1) is 5.92 Å². The van der Waals surface area contributed by atoms with Gasteiger partial charge < -0.3 is 14.0 Å². The molecule has 2 unspecified atom stereocenters. The van der Waals surface area contributed by atoms with E-state index >= 15 is 0 Å². The fourth-order valence-corrected chi connectivity index (χ4v) is 3.57. The van der Waals surface area contributed by atoms with Gasteiger partial charge in [-0.25, -0.2) is 4.98 Å². The lowest BCUT2D eigenvalue weighted by Crippen LogP contribution is -2.48. The summed E-state index contributed by atoms with van der Waals surface area (Å²) in [6.07, 6.45) is 7.78. The number of nitrogens with zero attached hydrogens (tertiary/aromatic N) is 2. The Morgan fingerprint density at radius 2 is 2.25 bits per heavy atom. The second kappa shape index (κ2) is 5.81. The molecule has 1 spiro atoms. The number of rotatable bonds is 3. The van der Waals surface area contributed by atoms with E-state index in [1.54, 1.807) is 0 Å². The molecule has 2 aliphatic heterocycles. The van der Waals surface area contributed by atoms with Crippen LogP contribution in [0.5, 0.6) is 0 Å².